The fourth-order valence-electron chi connectivity index (χ4n) is 4.07. The molecule has 1 aliphatic heterocycles. The summed E-state index contributed by atoms with van der Waals surface area (Å²) in [5.74, 6) is 1.04. The molecule has 0 saturated heterocycles. The number of benzene rings is 2. The maximum Gasteiger partial charge on any atom is 0.227 e. The Kier molecular flexibility index (Phi) is 4.91. The van der Waals surface area contributed by atoms with Crippen molar-refractivity contribution >= 4 is 17.5 Å². The van der Waals surface area contributed by atoms with Gasteiger partial charge >= 0.3 is 0 Å². The standard InChI is InChI=1S/C25H23ClN4O/c1-17-9-10-20(13-18(17)2)30-25(28-11-5-6-12-28)21-15-29(16-23(21)27-30)24(31)14-19-7-3-4-8-22(19)26/h3-13H,14-16H2,1-2H3. The van der Waals surface area contributed by atoms with E-state index in [0.717, 1.165) is 28.3 Å². The number of carbonyl (C=O) groups excluding carboxylic acids is 1. The predicted molar refractivity (Wildman–Crippen MR) is 122 cm³/mol. The lowest BCUT2D eigenvalue weighted by Gasteiger charge is -2.18. The van der Waals surface area contributed by atoms with Crippen LogP contribution in [0.15, 0.2) is 67.0 Å². The van der Waals surface area contributed by atoms with Gasteiger partial charge in [0.1, 0.15) is 5.82 Å². The molecule has 3 heterocycles. The van der Waals surface area contributed by atoms with E-state index in [1.54, 1.807) is 0 Å². The van der Waals surface area contributed by atoms with Gasteiger partial charge in [0.15, 0.2) is 0 Å². The number of carbonyl (C=O) groups is 1. The highest BCUT2D eigenvalue weighted by Gasteiger charge is 2.31. The lowest BCUT2D eigenvalue weighted by molar-refractivity contribution is -0.131. The maximum atomic E-state index is 13.0. The molecule has 5 nitrogen and oxygen atoms in total. The summed E-state index contributed by atoms with van der Waals surface area (Å²) in [7, 11) is 0. The number of aryl methyl sites for hydroxylation is 2. The third kappa shape index (κ3) is 3.55. The number of rotatable bonds is 4. The third-order valence-corrected chi connectivity index (χ3v) is 6.33. The predicted octanol–water partition coefficient (Wildman–Crippen LogP) is 5.02. The Morgan fingerprint density at radius 2 is 1.77 bits per heavy atom. The van der Waals surface area contributed by atoms with Crippen molar-refractivity contribution in [3.63, 3.8) is 0 Å². The maximum absolute atomic E-state index is 13.0. The fourth-order valence-corrected chi connectivity index (χ4v) is 4.28. The molecule has 0 spiro atoms. The smallest absolute Gasteiger partial charge is 0.227 e. The highest BCUT2D eigenvalue weighted by Crippen LogP contribution is 2.31. The molecular weight excluding hydrogens is 408 g/mol. The van der Waals surface area contributed by atoms with E-state index in [1.165, 1.54) is 11.1 Å². The zero-order valence-electron chi connectivity index (χ0n) is 17.5. The minimum Gasteiger partial charge on any atom is -0.332 e. The van der Waals surface area contributed by atoms with Crippen LogP contribution >= 0.6 is 11.6 Å². The first-order chi connectivity index (χ1) is 15.0. The highest BCUT2D eigenvalue weighted by molar-refractivity contribution is 6.31. The molecular formula is C25H23ClN4O. The average Bonchev–Trinajstić information content (AvgIpc) is 3.47. The van der Waals surface area contributed by atoms with Gasteiger partial charge in [-0.1, -0.05) is 35.9 Å². The van der Waals surface area contributed by atoms with Crippen LogP contribution in [-0.2, 0) is 24.3 Å². The molecule has 31 heavy (non-hydrogen) atoms. The van der Waals surface area contributed by atoms with E-state index in [0.29, 0.717) is 24.5 Å². The van der Waals surface area contributed by atoms with E-state index < -0.39 is 0 Å². The number of hydrogen-bond acceptors (Lipinski definition) is 2. The monoisotopic (exact) mass is 430 g/mol. The first-order valence-electron chi connectivity index (χ1n) is 10.3. The van der Waals surface area contributed by atoms with Crippen molar-refractivity contribution in [1.29, 1.82) is 0 Å². The first kappa shape index (κ1) is 19.6. The van der Waals surface area contributed by atoms with E-state index in [9.17, 15) is 4.79 Å². The van der Waals surface area contributed by atoms with Crippen molar-refractivity contribution in [2.75, 3.05) is 0 Å². The Morgan fingerprint density at radius 1 is 1.00 bits per heavy atom. The summed E-state index contributed by atoms with van der Waals surface area (Å²) in [4.78, 5) is 14.9. The molecule has 0 aliphatic carbocycles. The Bertz CT molecular complexity index is 1270. The van der Waals surface area contributed by atoms with Crippen molar-refractivity contribution in [2.45, 2.75) is 33.4 Å². The number of amides is 1. The van der Waals surface area contributed by atoms with E-state index in [2.05, 4.69) is 36.6 Å². The minimum absolute atomic E-state index is 0.0577. The number of nitrogens with zero attached hydrogens (tertiary/aromatic N) is 4. The van der Waals surface area contributed by atoms with Gasteiger partial charge < -0.3 is 9.47 Å². The molecule has 156 valence electrons. The summed E-state index contributed by atoms with van der Waals surface area (Å²) < 4.78 is 4.07. The fraction of sp³-hybridized carbons (Fsp3) is 0.200. The molecule has 6 heteroatoms. The van der Waals surface area contributed by atoms with Gasteiger partial charge in [0.05, 0.1) is 30.9 Å². The van der Waals surface area contributed by atoms with Gasteiger partial charge in [0.2, 0.25) is 5.91 Å². The minimum atomic E-state index is 0.0577. The molecule has 2 aromatic heterocycles. The second kappa shape index (κ2) is 7.75. The lowest BCUT2D eigenvalue weighted by Crippen LogP contribution is -2.28. The van der Waals surface area contributed by atoms with Crippen LogP contribution in [0.5, 0.6) is 0 Å². The molecule has 0 atom stereocenters. The summed E-state index contributed by atoms with van der Waals surface area (Å²) in [5.41, 5.74) is 6.38. The van der Waals surface area contributed by atoms with Crippen molar-refractivity contribution in [1.82, 2.24) is 19.2 Å². The largest absolute Gasteiger partial charge is 0.332 e. The molecule has 0 fully saturated rings. The van der Waals surface area contributed by atoms with Gasteiger partial charge in [-0.15, -0.1) is 0 Å². The summed E-state index contributed by atoms with van der Waals surface area (Å²) in [6.45, 7) is 5.26. The highest BCUT2D eigenvalue weighted by atomic mass is 35.5. The summed E-state index contributed by atoms with van der Waals surface area (Å²) in [6, 6.07) is 17.9. The average molecular weight is 431 g/mol. The normalized spacial score (nSPS) is 12.9. The van der Waals surface area contributed by atoms with Crippen molar-refractivity contribution in [3.05, 3.63) is 100.0 Å². The Labute approximate surface area is 186 Å². The van der Waals surface area contributed by atoms with Crippen LogP contribution in [0.3, 0.4) is 0 Å². The molecule has 0 bridgehead atoms. The van der Waals surface area contributed by atoms with Gasteiger partial charge in [-0.3, -0.25) is 4.79 Å². The number of hydrogen-bond donors (Lipinski definition) is 0. The van der Waals surface area contributed by atoms with Crippen molar-refractivity contribution in [2.24, 2.45) is 0 Å². The molecule has 1 amide bonds. The summed E-state index contributed by atoms with van der Waals surface area (Å²) >= 11 is 6.26. The topological polar surface area (TPSA) is 43.1 Å². The number of aromatic nitrogens is 3. The summed E-state index contributed by atoms with van der Waals surface area (Å²) in [6.07, 6.45) is 4.33. The molecule has 0 radical (unpaired) electrons. The molecule has 0 N–H and O–H groups in total. The quantitative estimate of drug-likeness (QED) is 0.456. The van der Waals surface area contributed by atoms with Crippen LogP contribution in [0.4, 0.5) is 0 Å². The molecule has 1 aliphatic rings. The summed E-state index contributed by atoms with van der Waals surface area (Å²) in [5, 5.41) is 5.55. The molecule has 5 rings (SSSR count). The molecule has 4 aromatic rings. The third-order valence-electron chi connectivity index (χ3n) is 5.97. The van der Waals surface area contributed by atoms with Crippen LogP contribution in [0, 0.1) is 13.8 Å². The van der Waals surface area contributed by atoms with Crippen molar-refractivity contribution in [3.8, 4) is 11.5 Å². The van der Waals surface area contributed by atoms with Gasteiger partial charge in [-0.25, -0.2) is 4.68 Å². The van der Waals surface area contributed by atoms with Crippen LogP contribution in [0.2, 0.25) is 5.02 Å². The van der Waals surface area contributed by atoms with E-state index >= 15 is 0 Å². The Balaban J connectivity index is 1.49. The van der Waals surface area contributed by atoms with Crippen LogP contribution < -0.4 is 0 Å². The van der Waals surface area contributed by atoms with Gasteiger partial charge in [0, 0.05) is 23.0 Å². The van der Waals surface area contributed by atoms with Crippen molar-refractivity contribution < 1.29 is 4.79 Å². The second-order valence-electron chi connectivity index (χ2n) is 8.04. The van der Waals surface area contributed by atoms with E-state index in [4.69, 9.17) is 16.7 Å². The number of halogens is 1. The molecule has 0 unspecified atom stereocenters. The van der Waals surface area contributed by atoms with E-state index in [-0.39, 0.29) is 5.91 Å². The SMILES string of the molecule is Cc1ccc(-n2nc3c(c2-n2cccc2)CN(C(=O)Cc2ccccc2Cl)C3)cc1C. The zero-order valence-corrected chi connectivity index (χ0v) is 18.3. The van der Waals surface area contributed by atoms with Crippen LogP contribution in [-0.4, -0.2) is 25.2 Å². The van der Waals surface area contributed by atoms with Gasteiger partial charge in [0.25, 0.3) is 0 Å². The molecule has 0 saturated carbocycles. The first-order valence-corrected chi connectivity index (χ1v) is 10.7. The Morgan fingerprint density at radius 3 is 2.52 bits per heavy atom. The van der Waals surface area contributed by atoms with Gasteiger partial charge in [-0.05, 0) is 60.9 Å². The van der Waals surface area contributed by atoms with Crippen LogP contribution in [0.1, 0.15) is 27.9 Å². The second-order valence-corrected chi connectivity index (χ2v) is 8.44. The number of fused-ring (bicyclic) bond motifs is 1. The van der Waals surface area contributed by atoms with E-state index in [1.807, 2.05) is 58.4 Å². The van der Waals surface area contributed by atoms with Gasteiger partial charge in [-0.2, -0.15) is 5.10 Å². The zero-order chi connectivity index (χ0) is 21.5. The molecule has 2 aromatic carbocycles. The Hall–Kier alpha value is -3.31. The van der Waals surface area contributed by atoms with Crippen LogP contribution in [0.25, 0.3) is 11.5 Å². The lowest BCUT2D eigenvalue weighted by atomic mass is 10.1.